The molecule has 1 heterocycles. The summed E-state index contributed by atoms with van der Waals surface area (Å²) in [6.45, 7) is 3.70. The Kier molecular flexibility index (Phi) is 3.76. The number of nitrogen functional groups attached to an aromatic ring is 1. The van der Waals surface area contributed by atoms with E-state index in [-0.39, 0.29) is 5.88 Å². The van der Waals surface area contributed by atoms with Gasteiger partial charge in [0.25, 0.3) is 0 Å². The molecule has 0 aliphatic carbocycles. The zero-order valence-corrected chi connectivity index (χ0v) is 11.6. The molecule has 0 saturated carbocycles. The second-order valence-electron chi connectivity index (χ2n) is 4.38. The highest BCUT2D eigenvalue weighted by Gasteiger charge is 2.13. The lowest BCUT2D eigenvalue weighted by molar-refractivity contribution is 0.373. The quantitative estimate of drug-likeness (QED) is 0.866. The van der Waals surface area contributed by atoms with E-state index in [4.69, 9.17) is 15.2 Å². The molecule has 0 unspecified atom stereocenters. The third-order valence-electron chi connectivity index (χ3n) is 2.82. The topological polar surface area (TPSA) is 81.2 Å². The van der Waals surface area contributed by atoms with Crippen molar-refractivity contribution in [1.29, 1.82) is 5.26 Å². The average Bonchev–Trinajstić information content (AvgIpc) is 2.40. The van der Waals surface area contributed by atoms with Crippen molar-refractivity contribution < 1.29 is 9.47 Å². The number of nitrogens with two attached hydrogens (primary N) is 1. The SMILES string of the molecule is COc1cc(N)ccc1Oc1nc(C)cc(C)c1C#N. The molecule has 0 atom stereocenters. The molecular formula is C15H15N3O2. The van der Waals surface area contributed by atoms with Gasteiger partial charge in [-0.1, -0.05) is 0 Å². The van der Waals surface area contributed by atoms with Crippen LogP contribution in [0.15, 0.2) is 24.3 Å². The normalized spacial score (nSPS) is 9.90. The van der Waals surface area contributed by atoms with Crippen molar-refractivity contribution >= 4 is 5.69 Å². The molecule has 0 fully saturated rings. The summed E-state index contributed by atoms with van der Waals surface area (Å²) >= 11 is 0. The molecule has 0 spiro atoms. The highest BCUT2D eigenvalue weighted by Crippen LogP contribution is 2.34. The van der Waals surface area contributed by atoms with Gasteiger partial charge >= 0.3 is 0 Å². The number of benzene rings is 1. The van der Waals surface area contributed by atoms with Crippen LogP contribution in [-0.2, 0) is 0 Å². The largest absolute Gasteiger partial charge is 0.493 e. The van der Waals surface area contributed by atoms with Gasteiger partial charge in [-0.05, 0) is 37.6 Å². The van der Waals surface area contributed by atoms with Gasteiger partial charge in [-0.15, -0.1) is 0 Å². The first kappa shape index (κ1) is 13.7. The Bertz CT molecular complexity index is 690. The van der Waals surface area contributed by atoms with Crippen LogP contribution in [0, 0.1) is 25.2 Å². The fourth-order valence-electron chi connectivity index (χ4n) is 1.89. The molecule has 1 aromatic heterocycles. The summed E-state index contributed by atoms with van der Waals surface area (Å²) in [5, 5.41) is 9.22. The van der Waals surface area contributed by atoms with E-state index in [0.717, 1.165) is 11.3 Å². The predicted octanol–water partition coefficient (Wildman–Crippen LogP) is 2.95. The van der Waals surface area contributed by atoms with Gasteiger partial charge in [0.15, 0.2) is 11.5 Å². The lowest BCUT2D eigenvalue weighted by Crippen LogP contribution is -1.99. The van der Waals surface area contributed by atoms with E-state index in [0.29, 0.717) is 22.7 Å². The number of hydrogen-bond donors (Lipinski definition) is 1. The first-order valence-corrected chi connectivity index (χ1v) is 6.05. The van der Waals surface area contributed by atoms with Crippen LogP contribution in [0.3, 0.4) is 0 Å². The van der Waals surface area contributed by atoms with Crippen LogP contribution in [0.1, 0.15) is 16.8 Å². The highest BCUT2D eigenvalue weighted by atomic mass is 16.5. The van der Waals surface area contributed by atoms with Gasteiger partial charge in [0.05, 0.1) is 7.11 Å². The van der Waals surface area contributed by atoms with Gasteiger partial charge in [-0.2, -0.15) is 5.26 Å². The zero-order chi connectivity index (χ0) is 14.7. The van der Waals surface area contributed by atoms with Crippen LogP contribution in [-0.4, -0.2) is 12.1 Å². The molecule has 5 heteroatoms. The molecule has 0 aliphatic heterocycles. The standard InChI is InChI=1S/C15H15N3O2/c1-9-6-10(2)18-15(12(9)8-16)20-13-5-4-11(17)7-14(13)19-3/h4-7H,17H2,1-3H3. The third-order valence-corrected chi connectivity index (χ3v) is 2.82. The number of aromatic nitrogens is 1. The maximum absolute atomic E-state index is 9.22. The van der Waals surface area contributed by atoms with Crippen LogP contribution in [0.5, 0.6) is 17.4 Å². The van der Waals surface area contributed by atoms with E-state index in [2.05, 4.69) is 11.1 Å². The predicted molar refractivity (Wildman–Crippen MR) is 75.9 cm³/mol. The monoisotopic (exact) mass is 269 g/mol. The van der Waals surface area contributed by atoms with E-state index in [1.54, 1.807) is 18.2 Å². The summed E-state index contributed by atoms with van der Waals surface area (Å²) in [6.07, 6.45) is 0. The van der Waals surface area contributed by atoms with Crippen LogP contribution < -0.4 is 15.2 Å². The summed E-state index contributed by atoms with van der Waals surface area (Å²) in [4.78, 5) is 4.27. The fraction of sp³-hybridized carbons (Fsp3) is 0.200. The van der Waals surface area contributed by atoms with Gasteiger partial charge in [0, 0.05) is 17.4 Å². The molecule has 0 amide bonds. The summed E-state index contributed by atoms with van der Waals surface area (Å²) in [5.74, 6) is 1.23. The Balaban J connectivity index is 2.48. The number of nitrogens with zero attached hydrogens (tertiary/aromatic N) is 2. The summed E-state index contributed by atoms with van der Waals surface area (Å²) < 4.78 is 10.9. The van der Waals surface area contributed by atoms with Gasteiger partial charge in [-0.3, -0.25) is 0 Å². The van der Waals surface area contributed by atoms with Gasteiger partial charge < -0.3 is 15.2 Å². The van der Waals surface area contributed by atoms with Crippen LogP contribution in [0.25, 0.3) is 0 Å². The molecule has 0 radical (unpaired) electrons. The molecule has 102 valence electrons. The summed E-state index contributed by atoms with van der Waals surface area (Å²) in [5.41, 5.74) is 8.29. The highest BCUT2D eigenvalue weighted by molar-refractivity contribution is 5.54. The minimum atomic E-state index is 0.271. The van der Waals surface area contributed by atoms with Crippen molar-refractivity contribution in [3.05, 3.63) is 41.1 Å². The van der Waals surface area contributed by atoms with E-state index in [9.17, 15) is 5.26 Å². The van der Waals surface area contributed by atoms with Gasteiger partial charge in [0.2, 0.25) is 5.88 Å². The number of aryl methyl sites for hydroxylation is 2. The van der Waals surface area contributed by atoms with Crippen molar-refractivity contribution in [3.63, 3.8) is 0 Å². The fourth-order valence-corrected chi connectivity index (χ4v) is 1.89. The number of methoxy groups -OCH3 is 1. The lowest BCUT2D eigenvalue weighted by Gasteiger charge is -2.12. The molecule has 0 bridgehead atoms. The Morgan fingerprint density at radius 1 is 1.20 bits per heavy atom. The van der Waals surface area contributed by atoms with Gasteiger partial charge in [-0.25, -0.2) is 4.98 Å². The number of ether oxygens (including phenoxy) is 2. The number of pyridine rings is 1. The first-order chi connectivity index (χ1) is 9.55. The molecule has 20 heavy (non-hydrogen) atoms. The number of nitriles is 1. The molecule has 0 saturated heterocycles. The Morgan fingerprint density at radius 3 is 2.60 bits per heavy atom. The molecule has 5 nitrogen and oxygen atoms in total. The average molecular weight is 269 g/mol. The smallest absolute Gasteiger partial charge is 0.237 e. The summed E-state index contributed by atoms with van der Waals surface area (Å²) in [7, 11) is 1.53. The second kappa shape index (κ2) is 5.49. The van der Waals surface area contributed by atoms with E-state index in [1.807, 2.05) is 19.9 Å². The minimum Gasteiger partial charge on any atom is -0.493 e. The zero-order valence-electron chi connectivity index (χ0n) is 11.6. The third kappa shape index (κ3) is 2.64. The van der Waals surface area contributed by atoms with E-state index < -0.39 is 0 Å². The maximum atomic E-state index is 9.22. The minimum absolute atomic E-state index is 0.271. The Labute approximate surface area is 117 Å². The molecule has 2 rings (SSSR count). The van der Waals surface area contributed by atoms with Crippen LogP contribution in [0.4, 0.5) is 5.69 Å². The molecule has 2 aromatic rings. The van der Waals surface area contributed by atoms with Crippen molar-refractivity contribution in [2.75, 3.05) is 12.8 Å². The molecule has 0 aliphatic rings. The van der Waals surface area contributed by atoms with E-state index in [1.165, 1.54) is 7.11 Å². The maximum Gasteiger partial charge on any atom is 0.237 e. The summed E-state index contributed by atoms with van der Waals surface area (Å²) in [6, 6.07) is 8.99. The number of hydrogen-bond acceptors (Lipinski definition) is 5. The van der Waals surface area contributed by atoms with Crippen molar-refractivity contribution in [1.82, 2.24) is 4.98 Å². The van der Waals surface area contributed by atoms with Crippen LogP contribution >= 0.6 is 0 Å². The van der Waals surface area contributed by atoms with Crippen molar-refractivity contribution in [3.8, 4) is 23.4 Å². The number of rotatable bonds is 3. The van der Waals surface area contributed by atoms with Gasteiger partial charge in [0.1, 0.15) is 11.6 Å². The molecule has 1 aromatic carbocycles. The lowest BCUT2D eigenvalue weighted by atomic mass is 10.1. The van der Waals surface area contributed by atoms with E-state index >= 15 is 0 Å². The Hall–Kier alpha value is -2.74. The van der Waals surface area contributed by atoms with Crippen molar-refractivity contribution in [2.45, 2.75) is 13.8 Å². The number of anilines is 1. The molecule has 2 N–H and O–H groups in total. The van der Waals surface area contributed by atoms with Crippen LogP contribution in [0.2, 0.25) is 0 Å². The first-order valence-electron chi connectivity index (χ1n) is 6.05. The second-order valence-corrected chi connectivity index (χ2v) is 4.38. The molecular weight excluding hydrogens is 254 g/mol. The van der Waals surface area contributed by atoms with Crippen molar-refractivity contribution in [2.24, 2.45) is 0 Å². The Morgan fingerprint density at radius 2 is 1.95 bits per heavy atom.